The van der Waals surface area contributed by atoms with Gasteiger partial charge >= 0.3 is 0 Å². The fourth-order valence-electron chi connectivity index (χ4n) is 2.49. The lowest BCUT2D eigenvalue weighted by atomic mass is 10.1. The van der Waals surface area contributed by atoms with Crippen LogP contribution in [0.25, 0.3) is 0 Å². The van der Waals surface area contributed by atoms with E-state index in [1.807, 2.05) is 0 Å². The van der Waals surface area contributed by atoms with E-state index in [-0.39, 0.29) is 0 Å². The molecule has 0 aliphatic carbocycles. The fourth-order valence-corrected chi connectivity index (χ4v) is 3.19. The van der Waals surface area contributed by atoms with E-state index in [4.69, 9.17) is 0 Å². The summed E-state index contributed by atoms with van der Waals surface area (Å²) in [5.41, 5.74) is 1.47. The van der Waals surface area contributed by atoms with E-state index >= 15 is 0 Å². The number of hydrogen-bond donors (Lipinski definition) is 1. The van der Waals surface area contributed by atoms with Crippen molar-refractivity contribution in [2.75, 3.05) is 32.7 Å². The van der Waals surface area contributed by atoms with Crippen LogP contribution in [0.15, 0.2) is 16.8 Å². The van der Waals surface area contributed by atoms with E-state index in [0.717, 1.165) is 19.0 Å². The highest BCUT2D eigenvalue weighted by Gasteiger charge is 2.13. The van der Waals surface area contributed by atoms with Crippen LogP contribution in [0.4, 0.5) is 0 Å². The molecule has 1 saturated heterocycles. The molecule has 0 saturated carbocycles. The smallest absolute Gasteiger partial charge is 0.00191 e. The van der Waals surface area contributed by atoms with E-state index in [1.165, 1.54) is 44.5 Å². The predicted octanol–water partition coefficient (Wildman–Crippen LogP) is 2.61. The molecular weight excluding hydrogens is 228 g/mol. The second-order valence-corrected chi connectivity index (χ2v) is 5.98. The second-order valence-electron chi connectivity index (χ2n) is 5.20. The molecule has 0 aromatic carbocycles. The Kier molecular flexibility index (Phi) is 5.49. The zero-order valence-electron chi connectivity index (χ0n) is 10.8. The molecule has 2 nitrogen and oxygen atoms in total. The van der Waals surface area contributed by atoms with Crippen LogP contribution in [0.2, 0.25) is 0 Å². The van der Waals surface area contributed by atoms with Crippen molar-refractivity contribution in [1.29, 1.82) is 0 Å². The molecule has 0 amide bonds. The molecule has 1 aromatic heterocycles. The van der Waals surface area contributed by atoms with E-state index in [9.17, 15) is 0 Å². The Balaban J connectivity index is 1.52. The van der Waals surface area contributed by atoms with E-state index < -0.39 is 0 Å². The molecule has 0 radical (unpaired) electrons. The van der Waals surface area contributed by atoms with Crippen LogP contribution in [0.5, 0.6) is 0 Å². The summed E-state index contributed by atoms with van der Waals surface area (Å²) in [4.78, 5) is 2.60. The zero-order chi connectivity index (χ0) is 11.9. The zero-order valence-corrected chi connectivity index (χ0v) is 11.6. The molecule has 1 atom stereocenters. The summed E-state index contributed by atoms with van der Waals surface area (Å²) in [6.45, 7) is 8.53. The topological polar surface area (TPSA) is 15.3 Å². The number of likely N-dealkylation sites (tertiary alicyclic amines) is 1. The van der Waals surface area contributed by atoms with E-state index in [2.05, 4.69) is 34.0 Å². The molecule has 1 fully saturated rings. The highest BCUT2D eigenvalue weighted by atomic mass is 32.1. The van der Waals surface area contributed by atoms with Crippen molar-refractivity contribution in [2.45, 2.75) is 26.2 Å². The first-order chi connectivity index (χ1) is 8.34. The molecule has 0 bridgehead atoms. The van der Waals surface area contributed by atoms with Crippen molar-refractivity contribution >= 4 is 11.3 Å². The van der Waals surface area contributed by atoms with Gasteiger partial charge in [0.1, 0.15) is 0 Å². The Labute approximate surface area is 109 Å². The summed E-state index contributed by atoms with van der Waals surface area (Å²) in [7, 11) is 0. The van der Waals surface area contributed by atoms with Gasteiger partial charge in [0.05, 0.1) is 0 Å². The van der Waals surface area contributed by atoms with E-state index in [0.29, 0.717) is 0 Å². The van der Waals surface area contributed by atoms with Crippen LogP contribution >= 0.6 is 11.3 Å². The van der Waals surface area contributed by atoms with Gasteiger partial charge in [-0.3, -0.25) is 0 Å². The summed E-state index contributed by atoms with van der Waals surface area (Å²) in [5, 5.41) is 7.98. The number of thiophene rings is 1. The Morgan fingerprint density at radius 1 is 1.41 bits per heavy atom. The van der Waals surface area contributed by atoms with Gasteiger partial charge in [0.15, 0.2) is 0 Å². The monoisotopic (exact) mass is 252 g/mol. The van der Waals surface area contributed by atoms with Gasteiger partial charge in [-0.25, -0.2) is 0 Å². The molecule has 17 heavy (non-hydrogen) atoms. The first kappa shape index (κ1) is 13.1. The maximum Gasteiger partial charge on any atom is 0.00191 e. The molecule has 1 N–H and O–H groups in total. The van der Waals surface area contributed by atoms with Crippen molar-refractivity contribution in [2.24, 2.45) is 5.92 Å². The maximum atomic E-state index is 3.58. The van der Waals surface area contributed by atoms with Crippen LogP contribution in [-0.4, -0.2) is 37.6 Å². The third-order valence-electron chi connectivity index (χ3n) is 3.43. The molecular formula is C14H24N2S. The molecule has 2 heterocycles. The Morgan fingerprint density at radius 3 is 2.94 bits per heavy atom. The largest absolute Gasteiger partial charge is 0.316 e. The van der Waals surface area contributed by atoms with Gasteiger partial charge in [-0.05, 0) is 73.7 Å². The standard InChI is InChI=1S/C14H24N2S/c1-13(11-16-7-2-3-8-16)10-15-6-4-14-5-9-17-12-14/h5,9,12-13,15H,2-4,6-8,10-11H2,1H3. The van der Waals surface area contributed by atoms with Gasteiger partial charge in [0.25, 0.3) is 0 Å². The summed E-state index contributed by atoms with van der Waals surface area (Å²) >= 11 is 1.79. The summed E-state index contributed by atoms with van der Waals surface area (Å²) in [6, 6.07) is 2.22. The molecule has 1 aromatic rings. The second kappa shape index (κ2) is 7.14. The first-order valence-corrected chi connectivity index (χ1v) is 7.73. The molecule has 0 spiro atoms. The van der Waals surface area contributed by atoms with Gasteiger partial charge < -0.3 is 10.2 Å². The maximum absolute atomic E-state index is 3.58. The lowest BCUT2D eigenvalue weighted by Gasteiger charge is -2.20. The lowest BCUT2D eigenvalue weighted by Crippen LogP contribution is -2.32. The van der Waals surface area contributed by atoms with Crippen molar-refractivity contribution in [3.05, 3.63) is 22.4 Å². The number of nitrogens with zero attached hydrogens (tertiary/aromatic N) is 1. The van der Waals surface area contributed by atoms with E-state index in [1.54, 1.807) is 11.3 Å². The minimum Gasteiger partial charge on any atom is -0.316 e. The Morgan fingerprint density at radius 2 is 2.24 bits per heavy atom. The van der Waals surface area contributed by atoms with Crippen molar-refractivity contribution in [3.8, 4) is 0 Å². The quantitative estimate of drug-likeness (QED) is 0.751. The van der Waals surface area contributed by atoms with Crippen LogP contribution < -0.4 is 5.32 Å². The highest BCUT2D eigenvalue weighted by molar-refractivity contribution is 7.07. The average molecular weight is 252 g/mol. The summed E-state index contributed by atoms with van der Waals surface area (Å²) in [6.07, 6.45) is 3.97. The normalized spacial score (nSPS) is 18.6. The van der Waals surface area contributed by atoms with Gasteiger partial charge in [0.2, 0.25) is 0 Å². The van der Waals surface area contributed by atoms with Gasteiger partial charge in [-0.15, -0.1) is 0 Å². The number of nitrogens with one attached hydrogen (secondary N) is 1. The minimum absolute atomic E-state index is 0.774. The van der Waals surface area contributed by atoms with Crippen LogP contribution in [0, 0.1) is 5.92 Å². The third kappa shape index (κ3) is 4.78. The lowest BCUT2D eigenvalue weighted by molar-refractivity contribution is 0.283. The minimum atomic E-state index is 0.774. The molecule has 96 valence electrons. The van der Waals surface area contributed by atoms with Crippen molar-refractivity contribution < 1.29 is 0 Å². The highest BCUT2D eigenvalue weighted by Crippen LogP contribution is 2.10. The summed E-state index contributed by atoms with van der Waals surface area (Å²) in [5.74, 6) is 0.774. The SMILES string of the molecule is CC(CNCCc1ccsc1)CN1CCCC1. The molecule has 1 unspecified atom stereocenters. The summed E-state index contributed by atoms with van der Waals surface area (Å²) < 4.78 is 0. The fraction of sp³-hybridized carbons (Fsp3) is 0.714. The molecule has 1 aliphatic heterocycles. The van der Waals surface area contributed by atoms with Crippen LogP contribution in [0.1, 0.15) is 25.3 Å². The van der Waals surface area contributed by atoms with Crippen LogP contribution in [0.3, 0.4) is 0 Å². The molecule has 3 heteroatoms. The molecule has 2 rings (SSSR count). The number of rotatable bonds is 7. The first-order valence-electron chi connectivity index (χ1n) is 6.79. The third-order valence-corrected chi connectivity index (χ3v) is 4.16. The number of hydrogen-bond acceptors (Lipinski definition) is 3. The van der Waals surface area contributed by atoms with Gasteiger partial charge in [-0.2, -0.15) is 11.3 Å². The Bertz CT molecular complexity index is 291. The van der Waals surface area contributed by atoms with Gasteiger partial charge in [-0.1, -0.05) is 6.92 Å². The average Bonchev–Trinajstić information content (AvgIpc) is 2.96. The molecule has 1 aliphatic rings. The van der Waals surface area contributed by atoms with Crippen molar-refractivity contribution in [1.82, 2.24) is 10.2 Å². The Hall–Kier alpha value is -0.380. The van der Waals surface area contributed by atoms with Gasteiger partial charge in [0, 0.05) is 6.54 Å². The predicted molar refractivity (Wildman–Crippen MR) is 75.7 cm³/mol. The van der Waals surface area contributed by atoms with Crippen molar-refractivity contribution in [3.63, 3.8) is 0 Å². The van der Waals surface area contributed by atoms with Crippen LogP contribution in [-0.2, 0) is 6.42 Å².